The lowest BCUT2D eigenvalue weighted by Crippen LogP contribution is -2.57. The molecule has 0 aromatic heterocycles. The molecule has 4 heteroatoms. The molecule has 2 heterocycles. The van der Waals surface area contributed by atoms with E-state index >= 15 is 0 Å². The van der Waals surface area contributed by atoms with E-state index in [4.69, 9.17) is 5.48 Å². The standard InChI is InChI=1S/C20H42N4/c1-9-24(18-11-13-23(8)20(4,5)15-18)16-21(6)17-10-12-22(7)19(2,3)14-17/h17-18H,9-16H2,1-8H3/i12T2,13T2. The van der Waals surface area contributed by atoms with Gasteiger partial charge >= 0.3 is 0 Å². The highest BCUT2D eigenvalue weighted by molar-refractivity contribution is 4.93. The second kappa shape index (κ2) is 7.61. The lowest BCUT2D eigenvalue weighted by molar-refractivity contribution is -0.0119. The molecule has 0 saturated carbocycles. The van der Waals surface area contributed by atoms with Gasteiger partial charge in [0.25, 0.3) is 0 Å². The van der Waals surface area contributed by atoms with Crippen LogP contribution in [0.25, 0.3) is 0 Å². The van der Waals surface area contributed by atoms with Crippen molar-refractivity contribution in [2.75, 3.05) is 47.4 Å². The molecule has 0 spiro atoms. The van der Waals surface area contributed by atoms with Crippen LogP contribution in [0, 0.1) is 0 Å². The van der Waals surface area contributed by atoms with E-state index in [1.54, 1.807) is 0 Å². The summed E-state index contributed by atoms with van der Waals surface area (Å²) in [5.41, 5.74) is -0.379. The molecule has 0 amide bonds. The van der Waals surface area contributed by atoms with Crippen molar-refractivity contribution in [1.29, 1.82) is 0 Å². The Kier molecular flexibility index (Phi) is 4.74. The summed E-state index contributed by atoms with van der Waals surface area (Å²) in [4.78, 5) is 8.42. The molecular formula is C20H42N4. The smallest absolute Gasteiger partial charge is 0.0508 e. The molecule has 2 rings (SSSR count). The van der Waals surface area contributed by atoms with Crippen molar-refractivity contribution < 1.29 is 5.48 Å². The summed E-state index contributed by atoms with van der Waals surface area (Å²) in [5, 5.41) is 0. The summed E-state index contributed by atoms with van der Waals surface area (Å²) in [6.45, 7) is 9.63. The number of rotatable bonds is 5. The molecule has 0 radical (unpaired) electrons. The van der Waals surface area contributed by atoms with E-state index in [1.165, 1.54) is 0 Å². The first-order valence-electron chi connectivity index (χ1n) is 11.5. The second-order valence-corrected chi connectivity index (χ2v) is 8.99. The Balaban J connectivity index is 2.12. The SMILES string of the molecule is [3H]C1([3H])CC(N(C)CN(CC)C2CC([3H])([3H])N(C)C(C)(C)C2)CC(C)(C)N1C. The first-order valence-corrected chi connectivity index (χ1v) is 9.46. The van der Waals surface area contributed by atoms with Crippen molar-refractivity contribution in [2.24, 2.45) is 0 Å². The summed E-state index contributed by atoms with van der Waals surface area (Å²) < 4.78 is 33.9. The van der Waals surface area contributed by atoms with Gasteiger partial charge in [-0.05, 0) is 94.1 Å². The molecule has 0 N–H and O–H groups in total. The minimum atomic E-state index is -1.31. The van der Waals surface area contributed by atoms with Crippen LogP contribution in [0.15, 0.2) is 0 Å². The van der Waals surface area contributed by atoms with Crippen LogP contribution in [0.5, 0.6) is 0 Å². The van der Waals surface area contributed by atoms with Gasteiger partial charge in [0.05, 0.1) is 6.67 Å². The van der Waals surface area contributed by atoms with Crippen LogP contribution in [0.1, 0.15) is 65.8 Å². The van der Waals surface area contributed by atoms with Crippen LogP contribution in [-0.2, 0) is 0 Å². The van der Waals surface area contributed by atoms with E-state index in [0.717, 1.165) is 26.1 Å². The molecular weight excluding hydrogens is 296 g/mol. The molecule has 2 saturated heterocycles. The van der Waals surface area contributed by atoms with E-state index in [2.05, 4.69) is 51.5 Å². The fraction of sp³-hybridized carbons (Fsp3) is 1.00. The zero-order chi connectivity index (χ0) is 21.7. The molecule has 2 fully saturated rings. The molecule has 2 unspecified atom stereocenters. The molecule has 2 aliphatic rings. The van der Waals surface area contributed by atoms with Gasteiger partial charge in [0.2, 0.25) is 0 Å². The lowest BCUT2D eigenvalue weighted by atomic mass is 9.86. The Labute approximate surface area is 156 Å². The van der Waals surface area contributed by atoms with Crippen LogP contribution in [0.3, 0.4) is 0 Å². The highest BCUT2D eigenvalue weighted by atomic mass is 15.3. The summed E-state index contributed by atoms with van der Waals surface area (Å²) in [5.74, 6) is 0. The minimum Gasteiger partial charge on any atom is -0.301 e. The first kappa shape index (κ1) is 15.0. The van der Waals surface area contributed by atoms with Gasteiger partial charge in [0.1, 0.15) is 0 Å². The predicted molar refractivity (Wildman–Crippen MR) is 104 cm³/mol. The maximum absolute atomic E-state index is 8.49. The predicted octanol–water partition coefficient (Wildman–Crippen LogP) is 2.94. The monoisotopic (exact) mass is 346 g/mol. The van der Waals surface area contributed by atoms with Crippen LogP contribution in [0.2, 0.25) is 0 Å². The van der Waals surface area contributed by atoms with E-state index in [0.29, 0.717) is 12.8 Å². The largest absolute Gasteiger partial charge is 0.301 e. The maximum Gasteiger partial charge on any atom is 0.0508 e. The average Bonchev–Trinajstić information content (AvgIpc) is 2.53. The second-order valence-electron chi connectivity index (χ2n) is 8.99. The van der Waals surface area contributed by atoms with Gasteiger partial charge in [-0.25, -0.2) is 0 Å². The van der Waals surface area contributed by atoms with E-state index in [1.807, 2.05) is 23.9 Å². The zero-order valence-corrected chi connectivity index (χ0v) is 17.2. The molecule has 4 nitrogen and oxygen atoms in total. The van der Waals surface area contributed by atoms with Gasteiger partial charge in [-0.3, -0.25) is 9.80 Å². The number of hydrogen-bond acceptors (Lipinski definition) is 4. The number of piperidine rings is 2. The van der Waals surface area contributed by atoms with Crippen LogP contribution in [0.4, 0.5) is 0 Å². The Morgan fingerprint density at radius 2 is 1.42 bits per heavy atom. The van der Waals surface area contributed by atoms with E-state index < -0.39 is 13.0 Å². The van der Waals surface area contributed by atoms with Crippen molar-refractivity contribution in [1.82, 2.24) is 19.6 Å². The maximum atomic E-state index is 8.49. The number of likely N-dealkylation sites (tertiary alicyclic amines) is 2. The van der Waals surface area contributed by atoms with E-state index in [-0.39, 0.29) is 23.2 Å². The van der Waals surface area contributed by atoms with Crippen molar-refractivity contribution in [2.45, 2.75) is 83.5 Å². The van der Waals surface area contributed by atoms with Crippen molar-refractivity contribution in [3.63, 3.8) is 0 Å². The highest BCUT2D eigenvalue weighted by Crippen LogP contribution is 2.31. The van der Waals surface area contributed by atoms with Crippen molar-refractivity contribution in [3.05, 3.63) is 0 Å². The normalized spacial score (nSPS) is 38.4. The van der Waals surface area contributed by atoms with Gasteiger partial charge in [-0.2, -0.15) is 0 Å². The molecule has 142 valence electrons. The Hall–Kier alpha value is -0.160. The van der Waals surface area contributed by atoms with Gasteiger partial charge in [0, 0.05) is 28.6 Å². The number of nitrogens with zero attached hydrogens (tertiary/aromatic N) is 4. The average molecular weight is 347 g/mol. The van der Waals surface area contributed by atoms with Crippen molar-refractivity contribution >= 4 is 0 Å². The summed E-state index contributed by atoms with van der Waals surface area (Å²) in [6, 6.07) is 0.357. The van der Waals surface area contributed by atoms with Gasteiger partial charge in [-0.1, -0.05) is 6.92 Å². The Bertz CT molecular complexity index is 516. The topological polar surface area (TPSA) is 13.0 Å². The van der Waals surface area contributed by atoms with Crippen LogP contribution < -0.4 is 0 Å². The summed E-state index contributed by atoms with van der Waals surface area (Å²) in [7, 11) is 5.87. The Morgan fingerprint density at radius 3 is 1.88 bits per heavy atom. The molecule has 0 bridgehead atoms. The lowest BCUT2D eigenvalue weighted by Gasteiger charge is -2.49. The first-order chi connectivity index (χ1) is 12.5. The van der Waals surface area contributed by atoms with Crippen LogP contribution in [-0.4, -0.2) is 90.1 Å². The molecule has 0 aromatic rings. The molecule has 2 aliphatic heterocycles. The molecule has 0 aromatic carbocycles. The third-order valence-corrected chi connectivity index (χ3v) is 6.37. The third-order valence-electron chi connectivity index (χ3n) is 6.37. The number of hydrogen-bond donors (Lipinski definition) is 0. The quantitative estimate of drug-likeness (QED) is 0.710. The Morgan fingerprint density at radius 1 is 0.958 bits per heavy atom. The van der Waals surface area contributed by atoms with Gasteiger partial charge in [-0.15, -0.1) is 0 Å². The minimum absolute atomic E-state index is 0.172. The third kappa shape index (κ3) is 4.51. The zero-order valence-electron chi connectivity index (χ0n) is 21.2. The molecule has 24 heavy (non-hydrogen) atoms. The fourth-order valence-electron chi connectivity index (χ4n) is 3.93. The van der Waals surface area contributed by atoms with Crippen LogP contribution >= 0.6 is 0 Å². The highest BCUT2D eigenvalue weighted by Gasteiger charge is 2.37. The summed E-state index contributed by atoms with van der Waals surface area (Å²) in [6.07, 6.45) is 2.87. The van der Waals surface area contributed by atoms with Gasteiger partial charge in [0.15, 0.2) is 0 Å². The fourth-order valence-corrected chi connectivity index (χ4v) is 3.93. The van der Waals surface area contributed by atoms with E-state index in [9.17, 15) is 0 Å². The molecule has 0 aliphatic carbocycles. The van der Waals surface area contributed by atoms with Crippen molar-refractivity contribution in [3.8, 4) is 0 Å². The molecule has 2 atom stereocenters. The summed E-state index contributed by atoms with van der Waals surface area (Å²) >= 11 is 0. The van der Waals surface area contributed by atoms with Gasteiger partial charge < -0.3 is 9.80 Å².